The molecule has 0 saturated heterocycles. The van der Waals surface area contributed by atoms with Gasteiger partial charge < -0.3 is 10.1 Å². The average Bonchev–Trinajstić information content (AvgIpc) is 2.61. The second-order valence-electron chi connectivity index (χ2n) is 3.90. The number of carboxylic acid groups (broad SMARTS) is 1. The van der Waals surface area contributed by atoms with Crippen molar-refractivity contribution in [3.05, 3.63) is 33.2 Å². The van der Waals surface area contributed by atoms with E-state index in [1.807, 2.05) is 4.98 Å². The lowest BCUT2D eigenvalue weighted by Gasteiger charge is -2.04. The van der Waals surface area contributed by atoms with Crippen LogP contribution in [0.1, 0.15) is 21.6 Å². The van der Waals surface area contributed by atoms with Gasteiger partial charge in [-0.2, -0.15) is 13.2 Å². The Morgan fingerprint density at radius 1 is 1.42 bits per heavy atom. The number of H-pyrrole nitrogens is 1. The Balaban J connectivity index is 2.97. The van der Waals surface area contributed by atoms with E-state index in [9.17, 15) is 22.4 Å². The fourth-order valence-corrected chi connectivity index (χ4v) is 2.51. The highest BCUT2D eigenvalue weighted by Gasteiger charge is 2.36. The monoisotopic (exact) mass is 339 g/mol. The van der Waals surface area contributed by atoms with Gasteiger partial charge in [0.25, 0.3) is 0 Å². The predicted molar refractivity (Wildman–Crippen MR) is 62.7 cm³/mol. The Kier molecular flexibility index (Phi) is 3.08. The van der Waals surface area contributed by atoms with Crippen LogP contribution in [-0.4, -0.2) is 16.1 Å². The molecule has 2 N–H and O–H groups in total. The zero-order valence-electron chi connectivity index (χ0n) is 9.32. The van der Waals surface area contributed by atoms with E-state index in [1.54, 1.807) is 0 Å². The fourth-order valence-electron chi connectivity index (χ4n) is 1.90. The molecule has 2 rings (SSSR count). The number of aromatic carboxylic acids is 1. The first-order chi connectivity index (χ1) is 8.64. The molecule has 0 aliphatic heterocycles. The predicted octanol–water partition coefficient (Wildman–Crippen LogP) is 4.09. The van der Waals surface area contributed by atoms with Crippen LogP contribution in [0.5, 0.6) is 0 Å². The smallest absolute Gasteiger partial charge is 0.431 e. The highest BCUT2D eigenvalue weighted by molar-refractivity contribution is 9.10. The Morgan fingerprint density at radius 3 is 2.47 bits per heavy atom. The van der Waals surface area contributed by atoms with E-state index >= 15 is 0 Å². The number of carboxylic acids is 1. The Hall–Kier alpha value is -1.57. The van der Waals surface area contributed by atoms with Crippen molar-refractivity contribution < 1.29 is 27.5 Å². The van der Waals surface area contributed by atoms with Gasteiger partial charge in [0.15, 0.2) is 0 Å². The molecule has 0 bridgehead atoms. The maximum atomic E-state index is 13.5. The zero-order valence-corrected chi connectivity index (χ0v) is 10.9. The molecule has 0 fully saturated rings. The maximum absolute atomic E-state index is 13.5. The number of aryl methyl sites for hydroxylation is 1. The van der Waals surface area contributed by atoms with Crippen molar-refractivity contribution in [3.8, 4) is 0 Å². The standard InChI is InChI=1S/C11H6BrF4NO2/c1-3-6-7(12)5(13)2-4(10(18)19)8(6)17-9(3)11(14,15)16/h2,17H,1H3,(H,18,19). The van der Waals surface area contributed by atoms with E-state index in [0.29, 0.717) is 6.07 Å². The zero-order chi connectivity index (χ0) is 14.5. The van der Waals surface area contributed by atoms with Crippen LogP contribution in [0, 0.1) is 12.7 Å². The molecule has 0 atom stereocenters. The summed E-state index contributed by atoms with van der Waals surface area (Å²) < 4.78 is 51.6. The van der Waals surface area contributed by atoms with Crippen molar-refractivity contribution in [1.82, 2.24) is 4.98 Å². The minimum absolute atomic E-state index is 0.121. The summed E-state index contributed by atoms with van der Waals surface area (Å²) in [6.45, 7) is 1.15. The van der Waals surface area contributed by atoms with Gasteiger partial charge in [-0.15, -0.1) is 0 Å². The second kappa shape index (κ2) is 4.22. The minimum Gasteiger partial charge on any atom is -0.478 e. The van der Waals surface area contributed by atoms with Crippen molar-refractivity contribution in [2.45, 2.75) is 13.1 Å². The van der Waals surface area contributed by atoms with E-state index in [0.717, 1.165) is 6.92 Å². The molecule has 19 heavy (non-hydrogen) atoms. The topological polar surface area (TPSA) is 53.1 Å². The molecule has 0 unspecified atom stereocenters. The summed E-state index contributed by atoms with van der Waals surface area (Å²) in [6, 6.07) is 0.671. The third-order valence-corrected chi connectivity index (χ3v) is 3.51. The highest BCUT2D eigenvalue weighted by atomic mass is 79.9. The van der Waals surface area contributed by atoms with Gasteiger partial charge in [-0.25, -0.2) is 9.18 Å². The second-order valence-corrected chi connectivity index (χ2v) is 4.69. The van der Waals surface area contributed by atoms with Crippen molar-refractivity contribution in [1.29, 1.82) is 0 Å². The molecular formula is C11H6BrF4NO2. The molecule has 0 amide bonds. The molecule has 0 aliphatic carbocycles. The quantitative estimate of drug-likeness (QED) is 0.768. The number of aromatic amines is 1. The molecular weight excluding hydrogens is 334 g/mol. The van der Waals surface area contributed by atoms with Gasteiger partial charge in [0.05, 0.1) is 15.6 Å². The molecule has 1 aromatic heterocycles. The molecule has 0 spiro atoms. The molecule has 102 valence electrons. The van der Waals surface area contributed by atoms with Crippen LogP contribution in [-0.2, 0) is 6.18 Å². The average molecular weight is 340 g/mol. The van der Waals surface area contributed by atoms with Crippen LogP contribution in [0.15, 0.2) is 10.5 Å². The fraction of sp³-hybridized carbons (Fsp3) is 0.182. The number of rotatable bonds is 1. The Morgan fingerprint density at radius 2 is 2.00 bits per heavy atom. The normalized spacial score (nSPS) is 12.1. The number of alkyl halides is 3. The van der Waals surface area contributed by atoms with Gasteiger partial charge in [0.1, 0.15) is 11.5 Å². The number of aromatic nitrogens is 1. The largest absolute Gasteiger partial charge is 0.478 e. The number of halogens is 5. The third-order valence-electron chi connectivity index (χ3n) is 2.73. The van der Waals surface area contributed by atoms with Gasteiger partial charge in [0, 0.05) is 5.39 Å². The highest BCUT2D eigenvalue weighted by Crippen LogP contribution is 2.39. The van der Waals surface area contributed by atoms with Gasteiger partial charge in [0.2, 0.25) is 0 Å². The van der Waals surface area contributed by atoms with Crippen LogP contribution >= 0.6 is 15.9 Å². The lowest BCUT2D eigenvalue weighted by molar-refractivity contribution is -0.141. The first-order valence-electron chi connectivity index (χ1n) is 4.95. The van der Waals surface area contributed by atoms with E-state index in [1.165, 1.54) is 0 Å². The number of carbonyl (C=O) groups is 1. The lowest BCUT2D eigenvalue weighted by Crippen LogP contribution is -2.07. The van der Waals surface area contributed by atoms with Gasteiger partial charge >= 0.3 is 12.1 Å². The van der Waals surface area contributed by atoms with Gasteiger partial charge in [-0.1, -0.05) is 0 Å². The van der Waals surface area contributed by atoms with Crippen LogP contribution in [0.3, 0.4) is 0 Å². The minimum atomic E-state index is -4.67. The molecule has 1 aromatic carbocycles. The number of hydrogen-bond donors (Lipinski definition) is 2. The summed E-state index contributed by atoms with van der Waals surface area (Å²) in [4.78, 5) is 13.0. The van der Waals surface area contributed by atoms with Crippen molar-refractivity contribution in [3.63, 3.8) is 0 Å². The molecule has 0 radical (unpaired) electrons. The van der Waals surface area contributed by atoms with E-state index in [-0.39, 0.29) is 20.9 Å². The van der Waals surface area contributed by atoms with E-state index < -0.39 is 29.2 Å². The first kappa shape index (κ1) is 13.9. The first-order valence-corrected chi connectivity index (χ1v) is 5.74. The van der Waals surface area contributed by atoms with Crippen molar-refractivity contribution in [2.75, 3.05) is 0 Å². The van der Waals surface area contributed by atoms with Gasteiger partial charge in [-0.3, -0.25) is 0 Å². The molecule has 3 nitrogen and oxygen atoms in total. The number of hydrogen-bond acceptors (Lipinski definition) is 1. The Bertz CT molecular complexity index is 690. The maximum Gasteiger partial charge on any atom is 0.431 e. The summed E-state index contributed by atoms with van der Waals surface area (Å²) in [6.07, 6.45) is -4.67. The van der Waals surface area contributed by atoms with E-state index in [2.05, 4.69) is 15.9 Å². The van der Waals surface area contributed by atoms with Crippen LogP contribution in [0.25, 0.3) is 10.9 Å². The summed E-state index contributed by atoms with van der Waals surface area (Å²) in [5.74, 6) is -2.44. The molecule has 0 aliphatic rings. The summed E-state index contributed by atoms with van der Waals surface area (Å²) >= 11 is 2.84. The number of nitrogens with one attached hydrogen (secondary N) is 1. The van der Waals surface area contributed by atoms with Crippen molar-refractivity contribution >= 4 is 32.8 Å². The van der Waals surface area contributed by atoms with Crippen LogP contribution in [0.2, 0.25) is 0 Å². The third kappa shape index (κ3) is 2.09. The van der Waals surface area contributed by atoms with Crippen LogP contribution in [0.4, 0.5) is 17.6 Å². The molecule has 1 heterocycles. The van der Waals surface area contributed by atoms with Crippen molar-refractivity contribution in [2.24, 2.45) is 0 Å². The number of benzene rings is 1. The summed E-state index contributed by atoms with van der Waals surface area (Å²) in [7, 11) is 0. The summed E-state index contributed by atoms with van der Waals surface area (Å²) in [5.41, 5.74) is -2.15. The SMILES string of the molecule is Cc1c(C(F)(F)F)[nH]c2c(C(=O)O)cc(F)c(Br)c12. The molecule has 2 aromatic rings. The lowest BCUT2D eigenvalue weighted by atomic mass is 10.1. The Labute approximate surface area is 112 Å². The molecule has 0 saturated carbocycles. The van der Waals surface area contributed by atoms with Gasteiger partial charge in [-0.05, 0) is 34.5 Å². The van der Waals surface area contributed by atoms with Crippen LogP contribution < -0.4 is 0 Å². The number of fused-ring (bicyclic) bond motifs is 1. The van der Waals surface area contributed by atoms with E-state index in [4.69, 9.17) is 5.11 Å². The molecule has 8 heteroatoms. The summed E-state index contributed by atoms with van der Waals surface area (Å²) in [5, 5.41) is 8.80.